The molecule has 3 rings (SSSR count). The zero-order valence-electron chi connectivity index (χ0n) is 14.1. The van der Waals surface area contributed by atoms with Gasteiger partial charge in [-0.25, -0.2) is 13.4 Å². The molecule has 0 saturated carbocycles. The van der Waals surface area contributed by atoms with Gasteiger partial charge in [0.15, 0.2) is 9.84 Å². The lowest BCUT2D eigenvalue weighted by molar-refractivity contribution is -0.139. The highest BCUT2D eigenvalue weighted by Crippen LogP contribution is 2.29. The van der Waals surface area contributed by atoms with Crippen molar-refractivity contribution in [3.63, 3.8) is 0 Å². The summed E-state index contributed by atoms with van der Waals surface area (Å²) in [6.45, 7) is 4.19. The van der Waals surface area contributed by atoms with Gasteiger partial charge < -0.3 is 9.80 Å². The summed E-state index contributed by atoms with van der Waals surface area (Å²) in [5, 5.41) is 0.422. The van der Waals surface area contributed by atoms with Crippen molar-refractivity contribution in [1.82, 2.24) is 14.8 Å². The van der Waals surface area contributed by atoms with Gasteiger partial charge in [0.1, 0.15) is 5.69 Å². The van der Waals surface area contributed by atoms with Crippen molar-refractivity contribution < 1.29 is 18.0 Å². The Hall–Kier alpha value is -1.67. The zero-order chi connectivity index (χ0) is 18.4. The fraction of sp³-hybridized carbons (Fsp3) is 0.562. The highest BCUT2D eigenvalue weighted by Gasteiger charge is 2.49. The van der Waals surface area contributed by atoms with E-state index in [2.05, 4.69) is 4.98 Å². The maximum atomic E-state index is 12.8. The second-order valence-electron chi connectivity index (χ2n) is 6.76. The van der Waals surface area contributed by atoms with Gasteiger partial charge in [0.05, 0.1) is 28.6 Å². The molecule has 1 aromatic heterocycles. The molecule has 0 aliphatic carbocycles. The zero-order valence-corrected chi connectivity index (χ0v) is 15.6. The highest BCUT2D eigenvalue weighted by atomic mass is 35.5. The lowest BCUT2D eigenvalue weighted by Crippen LogP contribution is -2.62. The Morgan fingerprint density at radius 2 is 1.76 bits per heavy atom. The summed E-state index contributed by atoms with van der Waals surface area (Å²) in [6.07, 6.45) is 1.39. The van der Waals surface area contributed by atoms with Crippen LogP contribution >= 0.6 is 11.6 Å². The van der Waals surface area contributed by atoms with Crippen molar-refractivity contribution in [2.45, 2.75) is 25.9 Å². The second kappa shape index (κ2) is 6.57. The Balaban J connectivity index is 1.89. The third-order valence-electron chi connectivity index (χ3n) is 4.66. The van der Waals surface area contributed by atoms with Crippen LogP contribution < -0.4 is 0 Å². The number of hydrogen-bond donors (Lipinski definition) is 0. The number of fused-ring (bicyclic) bond motifs is 1. The summed E-state index contributed by atoms with van der Waals surface area (Å²) in [5.74, 6) is -0.860. The first-order valence-electron chi connectivity index (χ1n) is 8.13. The van der Waals surface area contributed by atoms with Gasteiger partial charge in [-0.05, 0) is 12.1 Å². The van der Waals surface area contributed by atoms with Gasteiger partial charge in [-0.3, -0.25) is 9.59 Å². The first-order valence-corrected chi connectivity index (χ1v) is 10.3. The van der Waals surface area contributed by atoms with Crippen molar-refractivity contribution >= 4 is 33.3 Å². The quantitative estimate of drug-likeness (QED) is 0.752. The summed E-state index contributed by atoms with van der Waals surface area (Å²) in [7, 11) is -3.31. The molecule has 2 fully saturated rings. The van der Waals surface area contributed by atoms with Crippen LogP contribution in [0.25, 0.3) is 0 Å². The predicted octanol–water partition coefficient (Wildman–Crippen LogP) is 0.841. The Morgan fingerprint density at radius 3 is 2.32 bits per heavy atom. The van der Waals surface area contributed by atoms with Crippen molar-refractivity contribution in [2.75, 3.05) is 24.6 Å². The number of hydrogen-bond acceptors (Lipinski definition) is 5. The number of amides is 2. The molecular formula is C16H20ClN3O4S. The summed E-state index contributed by atoms with van der Waals surface area (Å²) >= 11 is 5.80. The van der Waals surface area contributed by atoms with Crippen LogP contribution in [0.4, 0.5) is 0 Å². The van der Waals surface area contributed by atoms with Gasteiger partial charge in [0.2, 0.25) is 5.91 Å². The number of aromatic nitrogens is 1. The molecule has 0 spiro atoms. The summed E-state index contributed by atoms with van der Waals surface area (Å²) in [6, 6.07) is 2.06. The van der Waals surface area contributed by atoms with Gasteiger partial charge in [-0.15, -0.1) is 0 Å². The van der Waals surface area contributed by atoms with E-state index in [0.29, 0.717) is 11.6 Å². The van der Waals surface area contributed by atoms with Crippen LogP contribution in [0.5, 0.6) is 0 Å². The third kappa shape index (κ3) is 3.50. The van der Waals surface area contributed by atoms with Gasteiger partial charge >= 0.3 is 0 Å². The van der Waals surface area contributed by atoms with E-state index in [-0.39, 0.29) is 41.5 Å². The van der Waals surface area contributed by atoms with Crippen LogP contribution in [0.3, 0.4) is 0 Å². The molecule has 2 unspecified atom stereocenters. The van der Waals surface area contributed by atoms with Crippen LogP contribution in [0, 0.1) is 5.92 Å². The molecule has 9 heteroatoms. The van der Waals surface area contributed by atoms with Gasteiger partial charge in [-0.2, -0.15) is 0 Å². The first-order chi connectivity index (χ1) is 11.7. The standard InChI is InChI=1S/C16H20ClN3O4S/c1-10(2)15(21)19-5-6-20(14-9-25(23,24)8-13(14)19)16(22)12-4-3-11(17)7-18-12/h3-4,7,10,13-14H,5-6,8-9H2,1-2H3. The predicted molar refractivity (Wildman–Crippen MR) is 93.1 cm³/mol. The summed E-state index contributed by atoms with van der Waals surface area (Å²) in [4.78, 5) is 32.4. The molecule has 2 amide bonds. The van der Waals surface area contributed by atoms with Crippen LogP contribution in [0.15, 0.2) is 18.3 Å². The van der Waals surface area contributed by atoms with Gasteiger partial charge in [0, 0.05) is 25.2 Å². The molecule has 3 heterocycles. The fourth-order valence-corrected chi connectivity index (χ4v) is 5.55. The third-order valence-corrected chi connectivity index (χ3v) is 6.58. The van der Waals surface area contributed by atoms with Crippen LogP contribution in [0.2, 0.25) is 5.02 Å². The molecule has 7 nitrogen and oxygen atoms in total. The molecule has 0 N–H and O–H groups in total. The van der Waals surface area contributed by atoms with Crippen molar-refractivity contribution in [1.29, 1.82) is 0 Å². The number of piperazine rings is 1. The minimum Gasteiger partial charge on any atom is -0.335 e. The Bertz CT molecular complexity index is 794. The average Bonchev–Trinajstić information content (AvgIpc) is 2.88. The number of carbonyl (C=O) groups excluding carboxylic acids is 2. The Labute approximate surface area is 151 Å². The van der Waals surface area contributed by atoms with Crippen molar-refractivity contribution in [3.05, 3.63) is 29.0 Å². The minimum atomic E-state index is -3.31. The first kappa shape index (κ1) is 18.1. The number of pyridine rings is 1. The second-order valence-corrected chi connectivity index (χ2v) is 9.35. The number of carbonyl (C=O) groups is 2. The molecule has 2 saturated heterocycles. The van der Waals surface area contributed by atoms with Crippen molar-refractivity contribution in [2.24, 2.45) is 5.92 Å². The van der Waals surface area contributed by atoms with E-state index in [1.54, 1.807) is 24.8 Å². The van der Waals surface area contributed by atoms with E-state index in [1.807, 2.05) is 0 Å². The smallest absolute Gasteiger partial charge is 0.272 e. The Morgan fingerprint density at radius 1 is 1.16 bits per heavy atom. The average molecular weight is 386 g/mol. The molecule has 25 heavy (non-hydrogen) atoms. The number of nitrogens with zero attached hydrogens (tertiary/aromatic N) is 3. The minimum absolute atomic E-state index is 0.0798. The number of halogens is 1. The summed E-state index contributed by atoms with van der Waals surface area (Å²) < 4.78 is 24.4. The molecule has 0 aromatic carbocycles. The van der Waals surface area contributed by atoms with Crippen LogP contribution in [-0.4, -0.2) is 71.7 Å². The molecule has 2 aliphatic heterocycles. The molecule has 0 bridgehead atoms. The van der Waals surface area contributed by atoms with E-state index in [0.717, 1.165) is 0 Å². The van der Waals surface area contributed by atoms with Gasteiger partial charge in [0.25, 0.3) is 5.91 Å². The topological polar surface area (TPSA) is 87.7 Å². The number of rotatable bonds is 2. The van der Waals surface area contributed by atoms with E-state index in [9.17, 15) is 18.0 Å². The lowest BCUT2D eigenvalue weighted by Gasteiger charge is -2.44. The van der Waals surface area contributed by atoms with E-state index < -0.39 is 21.9 Å². The number of sulfone groups is 1. The monoisotopic (exact) mass is 385 g/mol. The van der Waals surface area contributed by atoms with E-state index >= 15 is 0 Å². The SMILES string of the molecule is CC(C)C(=O)N1CCN(C(=O)c2ccc(Cl)cn2)C2CS(=O)(=O)CC21. The van der Waals surface area contributed by atoms with Gasteiger partial charge in [-0.1, -0.05) is 25.4 Å². The Kier molecular flexibility index (Phi) is 4.76. The largest absolute Gasteiger partial charge is 0.335 e. The highest BCUT2D eigenvalue weighted by molar-refractivity contribution is 7.91. The maximum Gasteiger partial charge on any atom is 0.272 e. The molecule has 136 valence electrons. The fourth-order valence-electron chi connectivity index (χ4n) is 3.46. The van der Waals surface area contributed by atoms with Crippen LogP contribution in [0.1, 0.15) is 24.3 Å². The summed E-state index contributed by atoms with van der Waals surface area (Å²) in [5.41, 5.74) is 0.219. The lowest BCUT2D eigenvalue weighted by atomic mass is 10.0. The molecule has 2 aliphatic rings. The van der Waals surface area contributed by atoms with E-state index in [4.69, 9.17) is 11.6 Å². The van der Waals surface area contributed by atoms with Crippen LogP contribution in [-0.2, 0) is 14.6 Å². The van der Waals surface area contributed by atoms with Crippen molar-refractivity contribution in [3.8, 4) is 0 Å². The molecular weight excluding hydrogens is 366 g/mol. The molecule has 1 aromatic rings. The van der Waals surface area contributed by atoms with E-state index in [1.165, 1.54) is 17.2 Å². The normalized spacial score (nSPS) is 25.1. The molecule has 2 atom stereocenters. The molecule has 0 radical (unpaired) electrons. The maximum absolute atomic E-state index is 12.8.